The Morgan fingerprint density at radius 3 is 2.17 bits per heavy atom. The van der Waals surface area contributed by atoms with E-state index >= 15 is 0 Å². The van der Waals surface area contributed by atoms with Crippen molar-refractivity contribution in [2.24, 2.45) is 0 Å². The van der Waals surface area contributed by atoms with E-state index in [1.54, 1.807) is 4.31 Å². The number of aromatic amines is 1. The number of aromatic nitrogens is 4. The lowest BCUT2D eigenvalue weighted by Crippen LogP contribution is -2.33. The van der Waals surface area contributed by atoms with Crippen LogP contribution in [0.25, 0.3) is 22.5 Å². The number of sulfonamides is 1. The first-order chi connectivity index (χ1) is 19.2. The van der Waals surface area contributed by atoms with Crippen LogP contribution >= 0.6 is 11.6 Å². The molecule has 0 unspecified atom stereocenters. The average Bonchev–Trinajstić information content (AvgIpc) is 3.46. The smallest absolute Gasteiger partial charge is 0.207 e. The van der Waals surface area contributed by atoms with E-state index in [0.29, 0.717) is 28.7 Å². The van der Waals surface area contributed by atoms with Gasteiger partial charge in [0.2, 0.25) is 15.8 Å². The van der Waals surface area contributed by atoms with Crippen LogP contribution in [0.4, 0.5) is 0 Å². The van der Waals surface area contributed by atoms with Crippen molar-refractivity contribution in [1.82, 2.24) is 24.9 Å². The number of halogens is 1. The highest BCUT2D eigenvalue weighted by atomic mass is 35.5. The molecule has 0 aliphatic heterocycles. The van der Waals surface area contributed by atoms with E-state index in [0.717, 1.165) is 44.5 Å². The maximum absolute atomic E-state index is 14.1. The van der Waals surface area contributed by atoms with Crippen molar-refractivity contribution in [3.63, 3.8) is 0 Å². The average molecular weight is 572 g/mol. The SMILES string of the molecule is Cc1cc(C)c(S(=O)(=O)N(CCc2cccc(Cl)c2)Cc2ccc(-c3cccc(-c4nn[nH]n4)c3)cc2)c(C)c1. The van der Waals surface area contributed by atoms with Crippen molar-refractivity contribution >= 4 is 21.6 Å². The van der Waals surface area contributed by atoms with Crippen LogP contribution in [0.2, 0.25) is 5.02 Å². The number of rotatable bonds is 9. The van der Waals surface area contributed by atoms with Crippen molar-refractivity contribution < 1.29 is 8.42 Å². The molecule has 1 aromatic heterocycles. The molecule has 0 saturated heterocycles. The quantitative estimate of drug-likeness (QED) is 0.217. The van der Waals surface area contributed by atoms with E-state index < -0.39 is 10.0 Å². The van der Waals surface area contributed by atoms with Gasteiger partial charge in [0.05, 0.1) is 4.90 Å². The monoisotopic (exact) mass is 571 g/mol. The number of tetrazole rings is 1. The van der Waals surface area contributed by atoms with Gasteiger partial charge in [-0.05, 0) is 84.0 Å². The van der Waals surface area contributed by atoms with Crippen LogP contribution in [0.15, 0.2) is 89.8 Å². The molecular weight excluding hydrogens is 542 g/mol. The lowest BCUT2D eigenvalue weighted by atomic mass is 10.0. The fourth-order valence-electron chi connectivity index (χ4n) is 5.06. The molecular formula is C31H30ClN5O2S. The summed E-state index contributed by atoms with van der Waals surface area (Å²) in [5.74, 6) is 0.528. The Labute approximate surface area is 239 Å². The van der Waals surface area contributed by atoms with Crippen molar-refractivity contribution in [1.29, 1.82) is 0 Å². The molecule has 0 atom stereocenters. The maximum Gasteiger partial charge on any atom is 0.243 e. The van der Waals surface area contributed by atoms with Crippen LogP contribution in [-0.4, -0.2) is 39.9 Å². The summed E-state index contributed by atoms with van der Waals surface area (Å²) in [6.07, 6.45) is 0.546. The van der Waals surface area contributed by atoms with Crippen molar-refractivity contribution in [2.75, 3.05) is 6.54 Å². The molecule has 5 aromatic rings. The van der Waals surface area contributed by atoms with Gasteiger partial charge in [0.25, 0.3) is 0 Å². The van der Waals surface area contributed by atoms with Crippen LogP contribution in [-0.2, 0) is 23.0 Å². The molecule has 1 N–H and O–H groups in total. The molecule has 0 spiro atoms. The second kappa shape index (κ2) is 11.7. The van der Waals surface area contributed by atoms with Crippen LogP contribution in [0, 0.1) is 20.8 Å². The summed E-state index contributed by atoms with van der Waals surface area (Å²) < 4.78 is 29.8. The predicted molar refractivity (Wildman–Crippen MR) is 158 cm³/mol. The van der Waals surface area contributed by atoms with E-state index in [9.17, 15) is 8.42 Å². The van der Waals surface area contributed by atoms with Gasteiger partial charge in [-0.15, -0.1) is 10.2 Å². The van der Waals surface area contributed by atoms with Gasteiger partial charge < -0.3 is 0 Å². The van der Waals surface area contributed by atoms with Gasteiger partial charge >= 0.3 is 0 Å². The molecule has 4 aromatic carbocycles. The van der Waals surface area contributed by atoms with Crippen LogP contribution in [0.5, 0.6) is 0 Å². The minimum Gasteiger partial charge on any atom is -0.207 e. The molecule has 0 radical (unpaired) electrons. The molecule has 9 heteroatoms. The summed E-state index contributed by atoms with van der Waals surface area (Å²) in [6, 6.07) is 27.3. The molecule has 0 aliphatic rings. The summed E-state index contributed by atoms with van der Waals surface area (Å²) in [7, 11) is -3.77. The van der Waals surface area contributed by atoms with Gasteiger partial charge in [0, 0.05) is 23.7 Å². The third-order valence-electron chi connectivity index (χ3n) is 6.85. The molecule has 1 heterocycles. The first kappa shape index (κ1) is 27.7. The van der Waals surface area contributed by atoms with E-state index in [1.807, 2.05) is 106 Å². The highest BCUT2D eigenvalue weighted by Gasteiger charge is 2.28. The molecule has 0 bridgehead atoms. The summed E-state index contributed by atoms with van der Waals surface area (Å²) >= 11 is 6.19. The van der Waals surface area contributed by atoms with Crippen molar-refractivity contribution in [3.8, 4) is 22.5 Å². The normalized spacial score (nSPS) is 11.7. The molecule has 5 rings (SSSR count). The van der Waals surface area contributed by atoms with E-state index in [2.05, 4.69) is 20.6 Å². The highest BCUT2D eigenvalue weighted by Crippen LogP contribution is 2.29. The van der Waals surface area contributed by atoms with Crippen molar-refractivity contribution in [3.05, 3.63) is 118 Å². The zero-order valence-electron chi connectivity index (χ0n) is 22.6. The van der Waals surface area contributed by atoms with Gasteiger partial charge in [-0.2, -0.15) is 9.52 Å². The largest absolute Gasteiger partial charge is 0.243 e. The minimum absolute atomic E-state index is 0.249. The number of hydrogen-bond donors (Lipinski definition) is 1. The van der Waals surface area contributed by atoms with Gasteiger partial charge in [-0.1, -0.05) is 83.9 Å². The van der Waals surface area contributed by atoms with E-state index in [-0.39, 0.29) is 6.54 Å². The van der Waals surface area contributed by atoms with Gasteiger partial charge in [-0.25, -0.2) is 8.42 Å². The number of H-pyrrole nitrogens is 1. The zero-order chi connectivity index (χ0) is 28.3. The van der Waals surface area contributed by atoms with Crippen LogP contribution in [0.3, 0.4) is 0 Å². The zero-order valence-corrected chi connectivity index (χ0v) is 24.2. The second-order valence-corrected chi connectivity index (χ2v) is 12.3. The lowest BCUT2D eigenvalue weighted by molar-refractivity contribution is 0.409. The Morgan fingerprint density at radius 1 is 0.800 bits per heavy atom. The van der Waals surface area contributed by atoms with E-state index in [4.69, 9.17) is 11.6 Å². The Bertz CT molecular complexity index is 1710. The number of aryl methyl sites for hydroxylation is 3. The Kier molecular flexibility index (Phi) is 8.12. The molecule has 0 amide bonds. The van der Waals surface area contributed by atoms with E-state index in [1.165, 1.54) is 0 Å². The van der Waals surface area contributed by atoms with Crippen molar-refractivity contribution in [2.45, 2.75) is 38.6 Å². The van der Waals surface area contributed by atoms with Gasteiger partial charge in [0.1, 0.15) is 0 Å². The number of hydrogen-bond acceptors (Lipinski definition) is 5. The summed E-state index contributed by atoms with van der Waals surface area (Å²) in [4.78, 5) is 0.374. The lowest BCUT2D eigenvalue weighted by Gasteiger charge is -2.25. The highest BCUT2D eigenvalue weighted by molar-refractivity contribution is 7.89. The summed E-state index contributed by atoms with van der Waals surface area (Å²) in [5, 5.41) is 14.9. The predicted octanol–water partition coefficient (Wildman–Crippen LogP) is 6.55. The fourth-order valence-corrected chi connectivity index (χ4v) is 7.11. The first-order valence-corrected chi connectivity index (χ1v) is 14.8. The molecule has 0 aliphatic carbocycles. The molecule has 40 heavy (non-hydrogen) atoms. The molecule has 204 valence electrons. The molecule has 0 saturated carbocycles. The third-order valence-corrected chi connectivity index (χ3v) is 9.24. The van der Waals surface area contributed by atoms with Gasteiger partial charge in [-0.3, -0.25) is 0 Å². The minimum atomic E-state index is -3.77. The van der Waals surface area contributed by atoms with Crippen LogP contribution in [0.1, 0.15) is 27.8 Å². The number of nitrogens with one attached hydrogen (secondary N) is 1. The second-order valence-electron chi connectivity index (χ2n) is 9.96. The Hall–Kier alpha value is -3.85. The summed E-state index contributed by atoms with van der Waals surface area (Å²) in [5.41, 5.74) is 7.30. The number of benzene rings is 4. The topological polar surface area (TPSA) is 91.8 Å². The maximum atomic E-state index is 14.1. The number of nitrogens with zero attached hydrogens (tertiary/aromatic N) is 4. The Morgan fingerprint density at radius 2 is 1.50 bits per heavy atom. The van der Waals surface area contributed by atoms with Gasteiger partial charge in [0.15, 0.2) is 0 Å². The Balaban J connectivity index is 1.44. The van der Waals surface area contributed by atoms with Crippen LogP contribution < -0.4 is 0 Å². The molecule has 0 fully saturated rings. The first-order valence-electron chi connectivity index (χ1n) is 13.0. The third kappa shape index (κ3) is 6.14. The standard InChI is InChI=1S/C31H30ClN5O2S/c1-21-16-22(2)30(23(3)17-21)40(38,39)37(15-14-24-6-4-9-29(32)18-24)20-25-10-12-26(13-11-25)27-7-5-8-28(19-27)31-33-35-36-34-31/h4-13,16-19H,14-15,20H2,1-3H3,(H,33,34,35,36). The fraction of sp³-hybridized carbons (Fsp3) is 0.194. The summed E-state index contributed by atoms with van der Waals surface area (Å²) in [6.45, 7) is 6.27. The molecule has 7 nitrogen and oxygen atoms in total.